The molecule has 3 aliphatic rings. The third kappa shape index (κ3) is 3.79. The maximum absolute atomic E-state index is 4.94. The fourth-order valence-corrected chi connectivity index (χ4v) is 5.33. The number of likely N-dealkylation sites (tertiary alicyclic amines) is 1. The van der Waals surface area contributed by atoms with E-state index in [0.29, 0.717) is 11.3 Å². The van der Waals surface area contributed by atoms with Gasteiger partial charge in [0.05, 0.1) is 16.0 Å². The lowest BCUT2D eigenvalue weighted by atomic mass is 9.98. The van der Waals surface area contributed by atoms with E-state index >= 15 is 0 Å². The minimum absolute atomic E-state index is 0.101. The van der Waals surface area contributed by atoms with Crippen molar-refractivity contribution in [3.05, 3.63) is 41.2 Å². The highest BCUT2D eigenvalue weighted by atomic mass is 32.2. The van der Waals surface area contributed by atoms with Gasteiger partial charge < -0.3 is 0 Å². The van der Waals surface area contributed by atoms with E-state index in [1.165, 1.54) is 17.7 Å². The lowest BCUT2D eigenvalue weighted by Crippen LogP contribution is -2.39. The number of aromatic nitrogens is 1. The van der Waals surface area contributed by atoms with Gasteiger partial charge >= 0.3 is 0 Å². The summed E-state index contributed by atoms with van der Waals surface area (Å²) in [6, 6.07) is 4.86. The second-order valence-corrected chi connectivity index (χ2v) is 9.22. The summed E-state index contributed by atoms with van der Waals surface area (Å²) in [5, 5.41) is 1.57. The summed E-state index contributed by atoms with van der Waals surface area (Å²) in [6.45, 7) is 10.9. The van der Waals surface area contributed by atoms with Crippen LogP contribution in [-0.2, 0) is 6.42 Å². The van der Waals surface area contributed by atoms with E-state index in [2.05, 4.69) is 66.9 Å². The smallest absolute Gasteiger partial charge is 0.156 e. The summed E-state index contributed by atoms with van der Waals surface area (Å²) in [7, 11) is 0. The number of aliphatic imine (C=N–C) groups is 2. The number of pyridine rings is 1. The van der Waals surface area contributed by atoms with Gasteiger partial charge in [0, 0.05) is 24.0 Å². The van der Waals surface area contributed by atoms with Gasteiger partial charge in [-0.1, -0.05) is 17.8 Å². The molecule has 0 aromatic carbocycles. The van der Waals surface area contributed by atoms with Crippen molar-refractivity contribution in [1.82, 2.24) is 9.88 Å². The van der Waals surface area contributed by atoms with Gasteiger partial charge in [-0.05, 0) is 76.8 Å². The Balaban J connectivity index is 1.39. The molecule has 1 aromatic rings. The van der Waals surface area contributed by atoms with Crippen molar-refractivity contribution >= 4 is 22.5 Å². The minimum Gasteiger partial charge on any atom is -0.295 e. The number of hydrogen-bond donors (Lipinski definition) is 0. The average Bonchev–Trinajstić information content (AvgIpc) is 3.17. The van der Waals surface area contributed by atoms with Crippen LogP contribution in [0.25, 0.3) is 0 Å². The molecule has 5 heteroatoms. The number of rotatable bonds is 4. The highest BCUT2D eigenvalue weighted by molar-refractivity contribution is 8.14. The van der Waals surface area contributed by atoms with E-state index in [0.717, 1.165) is 41.9 Å². The first-order chi connectivity index (χ1) is 12.5. The SMILES string of the molecule is CC1=NC2N=C([C@H](C)N3CC[C@@H](Cc4cc(C)nc(C)c4)C3)C=CC2S1. The molecule has 1 fully saturated rings. The second-order valence-electron chi connectivity index (χ2n) is 7.85. The molecule has 0 N–H and O–H groups in total. The van der Waals surface area contributed by atoms with Crippen molar-refractivity contribution in [3.63, 3.8) is 0 Å². The molecule has 26 heavy (non-hydrogen) atoms. The van der Waals surface area contributed by atoms with Crippen molar-refractivity contribution in [2.24, 2.45) is 15.9 Å². The summed E-state index contributed by atoms with van der Waals surface area (Å²) in [6.07, 6.45) is 7.05. The summed E-state index contributed by atoms with van der Waals surface area (Å²) < 4.78 is 0. The molecule has 3 aliphatic heterocycles. The van der Waals surface area contributed by atoms with E-state index in [4.69, 9.17) is 4.99 Å². The Hall–Kier alpha value is -1.46. The van der Waals surface area contributed by atoms with Crippen molar-refractivity contribution in [2.45, 2.75) is 58.0 Å². The van der Waals surface area contributed by atoms with Crippen LogP contribution in [0, 0.1) is 19.8 Å². The van der Waals surface area contributed by atoms with E-state index in [-0.39, 0.29) is 6.17 Å². The monoisotopic (exact) mass is 368 g/mol. The van der Waals surface area contributed by atoms with Gasteiger partial charge in [-0.15, -0.1) is 0 Å². The zero-order valence-corrected chi connectivity index (χ0v) is 17.0. The largest absolute Gasteiger partial charge is 0.295 e. The molecule has 2 unspecified atom stereocenters. The van der Waals surface area contributed by atoms with Crippen molar-refractivity contribution in [3.8, 4) is 0 Å². The lowest BCUT2D eigenvalue weighted by molar-refractivity contribution is 0.301. The highest BCUT2D eigenvalue weighted by Gasteiger charge is 2.32. The Bertz CT molecular complexity index is 762. The van der Waals surface area contributed by atoms with Crippen LogP contribution in [0.1, 0.15) is 37.2 Å². The van der Waals surface area contributed by atoms with Gasteiger partial charge in [0.2, 0.25) is 0 Å². The molecule has 0 radical (unpaired) electrons. The molecule has 1 saturated heterocycles. The molecule has 138 valence electrons. The molecule has 0 amide bonds. The van der Waals surface area contributed by atoms with Crippen LogP contribution in [0.2, 0.25) is 0 Å². The normalized spacial score (nSPS) is 29.5. The maximum atomic E-state index is 4.94. The summed E-state index contributed by atoms with van der Waals surface area (Å²) in [5.41, 5.74) is 4.89. The Morgan fingerprint density at radius 1 is 1.19 bits per heavy atom. The van der Waals surface area contributed by atoms with Gasteiger partial charge in [0.15, 0.2) is 6.17 Å². The summed E-state index contributed by atoms with van der Waals surface area (Å²) in [5.74, 6) is 0.724. The molecule has 4 heterocycles. The van der Waals surface area contributed by atoms with Gasteiger partial charge in [0.1, 0.15) is 0 Å². The molecule has 1 aromatic heterocycles. The van der Waals surface area contributed by atoms with Crippen LogP contribution >= 0.6 is 11.8 Å². The van der Waals surface area contributed by atoms with E-state index in [1.54, 1.807) is 0 Å². The Morgan fingerprint density at radius 3 is 2.73 bits per heavy atom. The molecule has 4 rings (SSSR count). The van der Waals surface area contributed by atoms with Gasteiger partial charge in [-0.25, -0.2) is 0 Å². The highest BCUT2D eigenvalue weighted by Crippen LogP contribution is 2.32. The molecule has 4 nitrogen and oxygen atoms in total. The quantitative estimate of drug-likeness (QED) is 0.811. The molecule has 0 aliphatic carbocycles. The second kappa shape index (κ2) is 7.28. The number of hydrogen-bond acceptors (Lipinski definition) is 5. The number of nitrogens with zero attached hydrogens (tertiary/aromatic N) is 4. The predicted octanol–water partition coefficient (Wildman–Crippen LogP) is 3.82. The van der Waals surface area contributed by atoms with Crippen LogP contribution in [0.15, 0.2) is 34.3 Å². The third-order valence-electron chi connectivity index (χ3n) is 5.61. The standard InChI is InChI=1S/C21H28N4S/c1-13-9-18(10-14(2)22-13)11-17-7-8-25(12-17)15(3)19-5-6-20-21(24-19)23-16(4)26-20/h5-6,9-10,15,17,20-21H,7-8,11-12H2,1-4H3/t15-,17-,20?,21?/m0/s1. The van der Waals surface area contributed by atoms with Crippen molar-refractivity contribution in [2.75, 3.05) is 13.1 Å². The van der Waals surface area contributed by atoms with Crippen LogP contribution in [0.4, 0.5) is 0 Å². The minimum atomic E-state index is 0.101. The summed E-state index contributed by atoms with van der Waals surface area (Å²) in [4.78, 5) is 16.7. The van der Waals surface area contributed by atoms with Gasteiger partial charge in [-0.3, -0.25) is 19.9 Å². The summed E-state index contributed by atoms with van der Waals surface area (Å²) >= 11 is 1.84. The first-order valence-electron chi connectivity index (χ1n) is 9.63. The van der Waals surface area contributed by atoms with Gasteiger partial charge in [-0.2, -0.15) is 0 Å². The third-order valence-corrected chi connectivity index (χ3v) is 6.73. The fourth-order valence-electron chi connectivity index (χ4n) is 4.37. The van der Waals surface area contributed by atoms with Crippen LogP contribution in [-0.4, -0.2) is 51.2 Å². The number of aryl methyl sites for hydroxylation is 2. The van der Waals surface area contributed by atoms with Crippen LogP contribution < -0.4 is 0 Å². The molecule has 0 saturated carbocycles. The molecule has 0 bridgehead atoms. The van der Waals surface area contributed by atoms with Crippen LogP contribution in [0.5, 0.6) is 0 Å². The predicted molar refractivity (Wildman–Crippen MR) is 111 cm³/mol. The molecular weight excluding hydrogens is 340 g/mol. The molecular formula is C21H28N4S. The molecule has 0 spiro atoms. The van der Waals surface area contributed by atoms with E-state index in [9.17, 15) is 0 Å². The number of thioether (sulfide) groups is 1. The Kier molecular flexibility index (Phi) is 5.02. The lowest BCUT2D eigenvalue weighted by Gasteiger charge is -2.27. The van der Waals surface area contributed by atoms with Crippen LogP contribution in [0.3, 0.4) is 0 Å². The van der Waals surface area contributed by atoms with Crippen molar-refractivity contribution in [1.29, 1.82) is 0 Å². The number of fused-ring (bicyclic) bond motifs is 1. The van der Waals surface area contributed by atoms with Gasteiger partial charge in [0.25, 0.3) is 0 Å². The number of dihydropyridines is 1. The van der Waals surface area contributed by atoms with E-state index < -0.39 is 0 Å². The average molecular weight is 369 g/mol. The fraction of sp³-hybridized carbons (Fsp3) is 0.571. The first kappa shape index (κ1) is 17.9. The van der Waals surface area contributed by atoms with Crippen molar-refractivity contribution < 1.29 is 0 Å². The maximum Gasteiger partial charge on any atom is 0.156 e. The Morgan fingerprint density at radius 2 is 1.96 bits per heavy atom. The van der Waals surface area contributed by atoms with E-state index in [1.807, 2.05) is 11.8 Å². The first-order valence-corrected chi connectivity index (χ1v) is 10.5. The molecule has 4 atom stereocenters. The topological polar surface area (TPSA) is 40.9 Å². The Labute approximate surface area is 160 Å². The zero-order chi connectivity index (χ0) is 18.3. The zero-order valence-electron chi connectivity index (χ0n) is 16.1.